The van der Waals surface area contributed by atoms with Crippen molar-refractivity contribution in [1.82, 2.24) is 15.3 Å². The summed E-state index contributed by atoms with van der Waals surface area (Å²) in [7, 11) is 1.89. The monoisotopic (exact) mass is 259 g/mol. The lowest BCUT2D eigenvalue weighted by molar-refractivity contribution is 0.627. The number of nitrogens with one attached hydrogen (secondary N) is 1. The van der Waals surface area contributed by atoms with E-state index in [1.54, 1.807) is 6.07 Å². The molecular formula is C15H18FN3. The van der Waals surface area contributed by atoms with Gasteiger partial charge in [0.15, 0.2) is 5.82 Å². The van der Waals surface area contributed by atoms with Crippen LogP contribution in [0.15, 0.2) is 18.2 Å². The Hall–Kier alpha value is -1.81. The highest BCUT2D eigenvalue weighted by Gasteiger charge is 2.11. The van der Waals surface area contributed by atoms with Crippen LogP contribution < -0.4 is 5.32 Å². The highest BCUT2D eigenvalue weighted by Crippen LogP contribution is 2.23. The third-order valence-electron chi connectivity index (χ3n) is 3.21. The van der Waals surface area contributed by atoms with Gasteiger partial charge in [0, 0.05) is 29.1 Å². The van der Waals surface area contributed by atoms with Crippen LogP contribution in [-0.4, -0.2) is 17.0 Å². The molecule has 4 heteroatoms. The summed E-state index contributed by atoms with van der Waals surface area (Å²) in [5.74, 6) is 0.325. The molecule has 100 valence electrons. The quantitative estimate of drug-likeness (QED) is 0.921. The molecule has 3 nitrogen and oxygen atoms in total. The van der Waals surface area contributed by atoms with Crippen LogP contribution in [0.5, 0.6) is 0 Å². The number of aromatic nitrogens is 2. The minimum atomic E-state index is -0.265. The molecule has 1 N–H and O–H groups in total. The topological polar surface area (TPSA) is 37.8 Å². The average Bonchev–Trinajstić information content (AvgIpc) is 2.36. The van der Waals surface area contributed by atoms with E-state index in [1.807, 2.05) is 27.8 Å². The Morgan fingerprint density at radius 2 is 1.74 bits per heavy atom. The van der Waals surface area contributed by atoms with Gasteiger partial charge in [0.05, 0.1) is 0 Å². The van der Waals surface area contributed by atoms with Gasteiger partial charge in [-0.3, -0.25) is 0 Å². The maximum Gasteiger partial charge on any atom is 0.160 e. The first-order valence-corrected chi connectivity index (χ1v) is 6.28. The Balaban J connectivity index is 2.55. The molecule has 0 spiro atoms. The van der Waals surface area contributed by atoms with E-state index in [0.29, 0.717) is 5.82 Å². The fraction of sp³-hybridized carbons (Fsp3) is 0.333. The fourth-order valence-electron chi connectivity index (χ4n) is 2.13. The lowest BCUT2D eigenvalue weighted by atomic mass is 10.1. The van der Waals surface area contributed by atoms with Gasteiger partial charge in [-0.2, -0.15) is 0 Å². The van der Waals surface area contributed by atoms with E-state index < -0.39 is 0 Å². The van der Waals surface area contributed by atoms with Crippen molar-refractivity contribution < 1.29 is 4.39 Å². The number of hydrogen-bond acceptors (Lipinski definition) is 3. The average molecular weight is 259 g/mol. The molecule has 19 heavy (non-hydrogen) atoms. The summed E-state index contributed by atoms with van der Waals surface area (Å²) >= 11 is 0. The van der Waals surface area contributed by atoms with Crippen molar-refractivity contribution in [2.45, 2.75) is 27.3 Å². The highest BCUT2D eigenvalue weighted by molar-refractivity contribution is 5.60. The molecule has 2 aromatic rings. The predicted molar refractivity (Wildman–Crippen MR) is 74.4 cm³/mol. The van der Waals surface area contributed by atoms with Crippen LogP contribution in [0.2, 0.25) is 0 Å². The molecule has 0 saturated heterocycles. The number of aryl methyl sites for hydroxylation is 3. The SMILES string of the molecule is CNCc1c(C)nc(-c2cc(F)ccc2C)nc1C. The normalized spacial score (nSPS) is 10.8. The third-order valence-corrected chi connectivity index (χ3v) is 3.21. The summed E-state index contributed by atoms with van der Waals surface area (Å²) in [6.07, 6.45) is 0. The molecule has 1 heterocycles. The summed E-state index contributed by atoms with van der Waals surface area (Å²) in [6, 6.07) is 4.69. The highest BCUT2D eigenvalue weighted by atomic mass is 19.1. The van der Waals surface area contributed by atoms with Crippen LogP contribution in [-0.2, 0) is 6.54 Å². The molecule has 0 radical (unpaired) electrons. The second-order valence-electron chi connectivity index (χ2n) is 4.69. The molecule has 0 atom stereocenters. The molecule has 0 amide bonds. The smallest absolute Gasteiger partial charge is 0.160 e. The van der Waals surface area contributed by atoms with E-state index >= 15 is 0 Å². The van der Waals surface area contributed by atoms with Gasteiger partial charge < -0.3 is 5.32 Å². The number of rotatable bonds is 3. The maximum absolute atomic E-state index is 13.4. The molecule has 0 aliphatic rings. The molecule has 0 bridgehead atoms. The summed E-state index contributed by atoms with van der Waals surface area (Å²) in [4.78, 5) is 9.01. The number of halogens is 1. The van der Waals surface area contributed by atoms with Gasteiger partial charge in [-0.05, 0) is 45.5 Å². The Kier molecular flexibility index (Phi) is 3.90. The number of nitrogens with zero attached hydrogens (tertiary/aromatic N) is 2. The standard InChI is InChI=1S/C15H18FN3/c1-9-5-6-12(16)7-13(9)15-18-10(2)14(8-17-4)11(3)19-15/h5-7,17H,8H2,1-4H3. The third kappa shape index (κ3) is 2.79. The molecule has 2 rings (SSSR count). The fourth-order valence-corrected chi connectivity index (χ4v) is 2.13. The summed E-state index contributed by atoms with van der Waals surface area (Å²) in [6.45, 7) is 6.59. The number of hydrogen-bond donors (Lipinski definition) is 1. The minimum absolute atomic E-state index is 0.265. The predicted octanol–water partition coefficient (Wildman–Crippen LogP) is 2.93. The molecular weight excluding hydrogens is 241 g/mol. The van der Waals surface area contributed by atoms with Crippen LogP contribution in [0.4, 0.5) is 4.39 Å². The van der Waals surface area contributed by atoms with Crippen molar-refractivity contribution in [2.24, 2.45) is 0 Å². The van der Waals surface area contributed by atoms with Gasteiger partial charge in [0.1, 0.15) is 5.82 Å². The van der Waals surface area contributed by atoms with E-state index in [9.17, 15) is 4.39 Å². The molecule has 0 aliphatic carbocycles. The molecule has 0 fully saturated rings. The van der Waals surface area contributed by atoms with Crippen LogP contribution in [0.3, 0.4) is 0 Å². The van der Waals surface area contributed by atoms with Crippen molar-refractivity contribution in [3.8, 4) is 11.4 Å². The van der Waals surface area contributed by atoms with E-state index in [1.165, 1.54) is 12.1 Å². The van der Waals surface area contributed by atoms with E-state index in [2.05, 4.69) is 15.3 Å². The Bertz CT molecular complexity index is 585. The second-order valence-corrected chi connectivity index (χ2v) is 4.69. The van der Waals surface area contributed by atoms with Crippen molar-refractivity contribution in [1.29, 1.82) is 0 Å². The Morgan fingerprint density at radius 1 is 1.11 bits per heavy atom. The maximum atomic E-state index is 13.4. The second kappa shape index (κ2) is 5.45. The lowest BCUT2D eigenvalue weighted by Crippen LogP contribution is -2.11. The summed E-state index contributed by atoms with van der Waals surface area (Å²) < 4.78 is 13.4. The van der Waals surface area contributed by atoms with Crippen molar-refractivity contribution in [3.63, 3.8) is 0 Å². The van der Waals surface area contributed by atoms with Gasteiger partial charge >= 0.3 is 0 Å². The van der Waals surface area contributed by atoms with Crippen LogP contribution in [0.1, 0.15) is 22.5 Å². The first kappa shape index (κ1) is 13.6. The lowest BCUT2D eigenvalue weighted by Gasteiger charge is -2.11. The van der Waals surface area contributed by atoms with Crippen LogP contribution in [0, 0.1) is 26.6 Å². The van der Waals surface area contributed by atoms with Crippen LogP contribution >= 0.6 is 0 Å². The van der Waals surface area contributed by atoms with Gasteiger partial charge in [0.25, 0.3) is 0 Å². The zero-order chi connectivity index (χ0) is 14.0. The van der Waals surface area contributed by atoms with Crippen molar-refractivity contribution >= 4 is 0 Å². The summed E-state index contributed by atoms with van der Waals surface area (Å²) in [5.41, 5.74) is 4.69. The Labute approximate surface area is 112 Å². The van der Waals surface area contributed by atoms with E-state index in [4.69, 9.17) is 0 Å². The molecule has 1 aromatic heterocycles. The molecule has 0 saturated carbocycles. The largest absolute Gasteiger partial charge is 0.316 e. The molecule has 0 unspecified atom stereocenters. The molecule has 1 aromatic carbocycles. The minimum Gasteiger partial charge on any atom is -0.316 e. The van der Waals surface area contributed by atoms with Crippen molar-refractivity contribution in [3.05, 3.63) is 46.5 Å². The Morgan fingerprint density at radius 3 is 2.32 bits per heavy atom. The first-order valence-electron chi connectivity index (χ1n) is 6.28. The first-order chi connectivity index (χ1) is 9.02. The van der Waals surface area contributed by atoms with E-state index in [0.717, 1.165) is 34.6 Å². The summed E-state index contributed by atoms with van der Waals surface area (Å²) in [5, 5.41) is 3.11. The zero-order valence-electron chi connectivity index (χ0n) is 11.7. The van der Waals surface area contributed by atoms with Crippen LogP contribution in [0.25, 0.3) is 11.4 Å². The zero-order valence-corrected chi connectivity index (χ0v) is 11.7. The van der Waals surface area contributed by atoms with Gasteiger partial charge in [-0.1, -0.05) is 6.07 Å². The van der Waals surface area contributed by atoms with Gasteiger partial charge in [-0.15, -0.1) is 0 Å². The van der Waals surface area contributed by atoms with Gasteiger partial charge in [0.2, 0.25) is 0 Å². The molecule has 0 aliphatic heterocycles. The van der Waals surface area contributed by atoms with E-state index in [-0.39, 0.29) is 5.82 Å². The van der Waals surface area contributed by atoms with Crippen molar-refractivity contribution in [2.75, 3.05) is 7.05 Å². The number of benzene rings is 1. The van der Waals surface area contributed by atoms with Gasteiger partial charge in [-0.25, -0.2) is 14.4 Å².